The summed E-state index contributed by atoms with van der Waals surface area (Å²) in [6.45, 7) is 18.1. The highest BCUT2D eigenvalue weighted by Gasteiger charge is 2.26. The first-order valence-electron chi connectivity index (χ1n) is 19.1. The summed E-state index contributed by atoms with van der Waals surface area (Å²) >= 11 is 1.90. The van der Waals surface area contributed by atoms with E-state index in [2.05, 4.69) is 89.8 Å². The van der Waals surface area contributed by atoms with Crippen molar-refractivity contribution < 1.29 is 4.74 Å². The van der Waals surface area contributed by atoms with E-state index in [9.17, 15) is 0 Å². The third-order valence-electron chi connectivity index (χ3n) is 9.74. The summed E-state index contributed by atoms with van der Waals surface area (Å²) in [6, 6.07) is 11.1. The molecule has 0 aliphatic heterocycles. The molecule has 0 amide bonds. The Morgan fingerprint density at radius 1 is 0.812 bits per heavy atom. The smallest absolute Gasteiger partial charge is 0.189 e. The third kappa shape index (κ3) is 9.83. The Balaban J connectivity index is 1.67. The van der Waals surface area contributed by atoms with E-state index in [0.717, 1.165) is 59.6 Å². The van der Waals surface area contributed by atoms with E-state index in [0.29, 0.717) is 5.92 Å². The highest BCUT2D eigenvalue weighted by Crippen LogP contribution is 2.35. The first-order chi connectivity index (χ1) is 23.2. The summed E-state index contributed by atoms with van der Waals surface area (Å²) in [6.07, 6.45) is 20.4. The van der Waals surface area contributed by atoms with Crippen molar-refractivity contribution >= 4 is 28.1 Å². The summed E-state index contributed by atoms with van der Waals surface area (Å²) in [4.78, 5) is 3.89. The van der Waals surface area contributed by atoms with Gasteiger partial charge >= 0.3 is 0 Å². The van der Waals surface area contributed by atoms with E-state index in [1.807, 2.05) is 15.9 Å². The number of nitrogens with zero attached hydrogens (tertiary/aromatic N) is 5. The molecule has 0 spiro atoms. The van der Waals surface area contributed by atoms with Crippen LogP contribution in [0.15, 0.2) is 30.3 Å². The summed E-state index contributed by atoms with van der Waals surface area (Å²) in [5, 5.41) is 17.1. The van der Waals surface area contributed by atoms with Gasteiger partial charge in [-0.1, -0.05) is 119 Å². The number of fused-ring (bicyclic) bond motifs is 1. The molecule has 0 aliphatic carbocycles. The van der Waals surface area contributed by atoms with Gasteiger partial charge in [-0.3, -0.25) is 0 Å². The Kier molecular flexibility index (Phi) is 14.8. The summed E-state index contributed by atoms with van der Waals surface area (Å²) in [5.41, 5.74) is 3.93. The van der Waals surface area contributed by atoms with Gasteiger partial charge in [0.05, 0.1) is 23.4 Å². The molecule has 0 aliphatic rings. The maximum absolute atomic E-state index is 5.83. The van der Waals surface area contributed by atoms with Crippen LogP contribution >= 0.6 is 11.3 Å². The molecule has 0 bridgehead atoms. The van der Waals surface area contributed by atoms with Crippen LogP contribution in [0, 0.1) is 0 Å². The fraction of sp³-hybridized carbons (Fsp3) is 0.634. The first-order valence-corrected chi connectivity index (χ1v) is 19.9. The lowest BCUT2D eigenvalue weighted by atomic mass is 9.91. The van der Waals surface area contributed by atoms with Crippen LogP contribution in [0.4, 0.5) is 5.00 Å². The summed E-state index contributed by atoms with van der Waals surface area (Å²) < 4.78 is 7.77. The molecule has 3 aromatic heterocycles. The van der Waals surface area contributed by atoms with Crippen molar-refractivity contribution in [2.45, 2.75) is 150 Å². The van der Waals surface area contributed by atoms with Crippen LogP contribution in [0.1, 0.15) is 160 Å². The molecular weight excluding hydrogens is 611 g/mol. The van der Waals surface area contributed by atoms with Crippen LogP contribution < -0.4 is 14.9 Å². The van der Waals surface area contributed by atoms with Gasteiger partial charge in [0.15, 0.2) is 11.5 Å². The van der Waals surface area contributed by atoms with Crippen molar-refractivity contribution in [3.63, 3.8) is 0 Å². The Bertz CT molecular complexity index is 1560. The quantitative estimate of drug-likeness (QED) is 0.0824. The molecule has 6 nitrogen and oxygen atoms in total. The Morgan fingerprint density at radius 2 is 1.44 bits per heavy atom. The molecule has 0 fully saturated rings. The third-order valence-corrected chi connectivity index (χ3v) is 10.8. The lowest BCUT2D eigenvalue weighted by molar-refractivity contribution is 0.415. The zero-order chi connectivity index (χ0) is 34.5. The van der Waals surface area contributed by atoms with Gasteiger partial charge in [-0.2, -0.15) is 9.61 Å². The van der Waals surface area contributed by atoms with Crippen LogP contribution in [0.25, 0.3) is 23.1 Å². The molecule has 4 aromatic rings. The van der Waals surface area contributed by atoms with Crippen molar-refractivity contribution in [2.24, 2.45) is 0 Å². The van der Waals surface area contributed by atoms with Gasteiger partial charge in [-0.05, 0) is 67.5 Å². The average Bonchev–Trinajstić information content (AvgIpc) is 3.80. The topological polar surface area (TPSA) is 55.6 Å². The molecule has 4 rings (SSSR count). The van der Waals surface area contributed by atoms with E-state index >= 15 is 0 Å². The Morgan fingerprint density at radius 3 is 2.02 bits per heavy atom. The maximum Gasteiger partial charge on any atom is 0.189 e. The number of benzene rings is 1. The van der Waals surface area contributed by atoms with Crippen molar-refractivity contribution in [1.29, 1.82) is 0 Å². The molecular formula is C41H63N5OS. The minimum Gasteiger partial charge on any atom is -0.496 e. The van der Waals surface area contributed by atoms with Crippen molar-refractivity contribution in [2.75, 3.05) is 25.1 Å². The molecule has 7 heteroatoms. The molecule has 3 heterocycles. The second-order valence-electron chi connectivity index (χ2n) is 14.6. The zero-order valence-electron chi connectivity index (χ0n) is 31.4. The molecule has 0 N–H and O–H groups in total. The lowest BCUT2D eigenvalue weighted by Crippen LogP contribution is -2.24. The minimum absolute atomic E-state index is 0.160. The van der Waals surface area contributed by atoms with Crippen LogP contribution in [0.5, 0.6) is 5.75 Å². The predicted octanol–water partition coefficient (Wildman–Crippen LogP) is 11.1. The number of hydrogen-bond acceptors (Lipinski definition) is 6. The molecule has 0 saturated carbocycles. The van der Waals surface area contributed by atoms with Crippen molar-refractivity contribution in [1.82, 2.24) is 19.8 Å². The SMILES string of the molecule is CCCCCCCCN(CCCCCCCC)c1ccc(/C=c2/c(C(C)(C)C)nn3c(-c4cc(C(CC)CC)ccc4OC)nnc23)s1. The first kappa shape index (κ1) is 37.9. The normalized spacial score (nSPS) is 12.6. The van der Waals surface area contributed by atoms with E-state index in [1.165, 1.54) is 92.5 Å². The average molecular weight is 674 g/mol. The molecule has 1 aromatic carbocycles. The van der Waals surface area contributed by atoms with Crippen LogP contribution in [-0.4, -0.2) is 40.0 Å². The van der Waals surface area contributed by atoms with Crippen LogP contribution in [0.2, 0.25) is 0 Å². The molecule has 0 radical (unpaired) electrons. The number of thiophene rings is 1. The predicted molar refractivity (Wildman–Crippen MR) is 207 cm³/mol. The summed E-state index contributed by atoms with van der Waals surface area (Å²) in [7, 11) is 1.72. The fourth-order valence-electron chi connectivity index (χ4n) is 6.80. The van der Waals surface area contributed by atoms with Crippen molar-refractivity contribution in [3.05, 3.63) is 51.7 Å². The minimum atomic E-state index is -0.160. The number of ether oxygens (including phenoxy) is 1. The van der Waals surface area contributed by atoms with Gasteiger partial charge in [0.25, 0.3) is 0 Å². The number of hydrogen-bond donors (Lipinski definition) is 0. The molecule has 0 saturated heterocycles. The highest BCUT2D eigenvalue weighted by atomic mass is 32.1. The number of unbranched alkanes of at least 4 members (excludes halogenated alkanes) is 10. The van der Waals surface area contributed by atoms with Gasteiger partial charge in [0.1, 0.15) is 5.75 Å². The fourth-order valence-corrected chi connectivity index (χ4v) is 7.80. The second-order valence-corrected chi connectivity index (χ2v) is 15.7. The van der Waals surface area contributed by atoms with E-state index in [1.54, 1.807) is 7.11 Å². The standard InChI is InChI=1S/C41H63N5OS/c1-9-13-15-17-19-21-27-45(28-22-20-18-16-14-10-2)37-26-24-33(48-37)30-35-38(41(5,6)7)44-46-39(42-43-40(35)46)34-29-32(31(11-3)12-4)23-25-36(34)47-8/h23-26,29-31H,9-22,27-28H2,1-8H3/b35-30-. The molecule has 48 heavy (non-hydrogen) atoms. The Hall–Kier alpha value is -2.93. The van der Waals surface area contributed by atoms with E-state index in [-0.39, 0.29) is 5.41 Å². The molecule has 0 unspecified atom stereocenters. The Labute approximate surface area is 295 Å². The van der Waals surface area contributed by atoms with Crippen LogP contribution in [0.3, 0.4) is 0 Å². The number of anilines is 1. The lowest BCUT2D eigenvalue weighted by Gasteiger charge is -2.23. The second kappa shape index (κ2) is 18.7. The highest BCUT2D eigenvalue weighted by molar-refractivity contribution is 7.16. The maximum atomic E-state index is 5.83. The van der Waals surface area contributed by atoms with Gasteiger partial charge in [0, 0.05) is 28.6 Å². The summed E-state index contributed by atoms with van der Waals surface area (Å²) in [5.74, 6) is 2.02. The zero-order valence-corrected chi connectivity index (χ0v) is 32.2. The monoisotopic (exact) mass is 673 g/mol. The molecule has 0 atom stereocenters. The van der Waals surface area contributed by atoms with Gasteiger partial charge in [-0.15, -0.1) is 21.5 Å². The van der Waals surface area contributed by atoms with Gasteiger partial charge in [0.2, 0.25) is 0 Å². The largest absolute Gasteiger partial charge is 0.496 e. The van der Waals surface area contributed by atoms with Crippen LogP contribution in [-0.2, 0) is 5.41 Å². The number of aromatic nitrogens is 4. The number of methoxy groups -OCH3 is 1. The van der Waals surface area contributed by atoms with Crippen molar-refractivity contribution in [3.8, 4) is 17.1 Å². The van der Waals surface area contributed by atoms with E-state index < -0.39 is 0 Å². The van der Waals surface area contributed by atoms with E-state index in [4.69, 9.17) is 20.0 Å². The van der Waals surface area contributed by atoms with Gasteiger partial charge in [-0.25, -0.2) is 0 Å². The molecule has 264 valence electrons. The number of rotatable bonds is 21. The van der Waals surface area contributed by atoms with Gasteiger partial charge < -0.3 is 9.64 Å².